The number of hydrogen-bond acceptors (Lipinski definition) is 4. The van der Waals surface area contributed by atoms with Gasteiger partial charge in [-0.05, 0) is 42.2 Å². The van der Waals surface area contributed by atoms with E-state index in [2.05, 4.69) is 21.2 Å². The molecule has 0 fully saturated rings. The summed E-state index contributed by atoms with van der Waals surface area (Å²) in [4.78, 5) is 26.4. The predicted octanol–water partition coefficient (Wildman–Crippen LogP) is 1.34. The largest absolute Gasteiger partial charge is 0.480 e. The van der Waals surface area contributed by atoms with Crippen molar-refractivity contribution in [2.24, 2.45) is 0 Å². The highest BCUT2D eigenvalue weighted by Gasteiger charge is 2.15. The molecular weight excluding hydrogens is 338 g/mol. The van der Waals surface area contributed by atoms with Crippen molar-refractivity contribution in [2.75, 3.05) is 45.6 Å². The number of nitrogens with zero attached hydrogens (tertiary/aromatic N) is 2. The lowest BCUT2D eigenvalue weighted by Gasteiger charge is -2.21. The second kappa shape index (κ2) is 8.76. The molecule has 116 valence electrons. The van der Waals surface area contributed by atoms with Crippen molar-refractivity contribution in [3.63, 3.8) is 0 Å². The summed E-state index contributed by atoms with van der Waals surface area (Å²) < 4.78 is 0.788. The molecule has 1 rings (SSSR count). The first-order valence-electron chi connectivity index (χ1n) is 6.51. The Labute approximate surface area is 132 Å². The molecule has 21 heavy (non-hydrogen) atoms. The molecule has 0 spiro atoms. The summed E-state index contributed by atoms with van der Waals surface area (Å²) in [5.41, 5.74) is 0.672. The van der Waals surface area contributed by atoms with Crippen LogP contribution in [0, 0.1) is 0 Å². The number of carbonyl (C=O) groups is 2. The highest BCUT2D eigenvalue weighted by molar-refractivity contribution is 9.10. The quantitative estimate of drug-likeness (QED) is 0.734. The van der Waals surface area contributed by atoms with Gasteiger partial charge in [-0.1, -0.05) is 12.1 Å². The van der Waals surface area contributed by atoms with Crippen molar-refractivity contribution in [3.05, 3.63) is 28.7 Å². The molecule has 2 N–H and O–H groups in total. The summed E-state index contributed by atoms with van der Waals surface area (Å²) in [6.07, 6.45) is 0. The molecule has 1 aromatic rings. The summed E-state index contributed by atoms with van der Waals surface area (Å²) in [5.74, 6) is -1.18. The van der Waals surface area contributed by atoms with Gasteiger partial charge < -0.3 is 15.3 Å². The number of carboxylic acids is 1. The lowest BCUT2D eigenvalue weighted by molar-refractivity contribution is -0.138. The summed E-state index contributed by atoms with van der Waals surface area (Å²) in [6, 6.07) is 7.29. The van der Waals surface area contributed by atoms with Gasteiger partial charge in [0.2, 0.25) is 5.91 Å². The van der Waals surface area contributed by atoms with Gasteiger partial charge in [0.1, 0.15) is 0 Å². The zero-order chi connectivity index (χ0) is 15.8. The summed E-state index contributed by atoms with van der Waals surface area (Å²) >= 11 is 3.35. The number of likely N-dealkylation sites (N-methyl/N-ethyl adjacent to an activating group) is 1. The third-order valence-electron chi connectivity index (χ3n) is 2.74. The summed E-state index contributed by atoms with van der Waals surface area (Å²) in [7, 11) is 3.81. The fraction of sp³-hybridized carbons (Fsp3) is 0.429. The van der Waals surface area contributed by atoms with Crippen LogP contribution in [0.5, 0.6) is 0 Å². The van der Waals surface area contributed by atoms with Crippen molar-refractivity contribution in [2.45, 2.75) is 0 Å². The van der Waals surface area contributed by atoms with Crippen LogP contribution < -0.4 is 5.32 Å². The fourth-order valence-electron chi connectivity index (χ4n) is 1.70. The minimum atomic E-state index is -0.942. The first kappa shape index (κ1) is 17.6. The summed E-state index contributed by atoms with van der Waals surface area (Å²) in [6.45, 7) is 1.09. The minimum Gasteiger partial charge on any atom is -0.480 e. The highest BCUT2D eigenvalue weighted by Crippen LogP contribution is 2.20. The Morgan fingerprint density at radius 3 is 2.43 bits per heavy atom. The third-order valence-corrected chi connectivity index (χ3v) is 3.43. The SMILES string of the molecule is CN(C)CCN(CC(=O)O)CC(=O)Nc1ccccc1Br. The first-order valence-corrected chi connectivity index (χ1v) is 7.31. The smallest absolute Gasteiger partial charge is 0.317 e. The van der Waals surface area contributed by atoms with E-state index in [1.807, 2.05) is 37.2 Å². The molecule has 0 bridgehead atoms. The number of amides is 1. The molecule has 7 heteroatoms. The number of benzene rings is 1. The number of anilines is 1. The number of carbonyl (C=O) groups excluding carboxylic acids is 1. The number of aliphatic carboxylic acids is 1. The Bertz CT molecular complexity index is 494. The molecule has 6 nitrogen and oxygen atoms in total. The molecule has 0 unspecified atom stereocenters. The van der Waals surface area contributed by atoms with Crippen LogP contribution >= 0.6 is 15.9 Å². The minimum absolute atomic E-state index is 0.0431. The predicted molar refractivity (Wildman–Crippen MR) is 85.4 cm³/mol. The van der Waals surface area contributed by atoms with E-state index < -0.39 is 5.97 Å². The Morgan fingerprint density at radius 1 is 1.19 bits per heavy atom. The van der Waals surface area contributed by atoms with Crippen molar-refractivity contribution in [3.8, 4) is 0 Å². The van der Waals surface area contributed by atoms with Crippen molar-refractivity contribution < 1.29 is 14.7 Å². The molecule has 0 saturated heterocycles. The van der Waals surface area contributed by atoms with E-state index in [1.165, 1.54) is 0 Å². The van der Waals surface area contributed by atoms with Gasteiger partial charge in [0.25, 0.3) is 0 Å². The number of para-hydroxylation sites is 1. The van der Waals surface area contributed by atoms with Gasteiger partial charge in [-0.15, -0.1) is 0 Å². The lowest BCUT2D eigenvalue weighted by Crippen LogP contribution is -2.40. The lowest BCUT2D eigenvalue weighted by atomic mass is 10.3. The van der Waals surface area contributed by atoms with Gasteiger partial charge in [0.15, 0.2) is 0 Å². The molecule has 0 aliphatic carbocycles. The van der Waals surface area contributed by atoms with Crippen LogP contribution in [0.1, 0.15) is 0 Å². The Kier molecular flexibility index (Phi) is 7.35. The van der Waals surface area contributed by atoms with Crippen LogP contribution in [0.4, 0.5) is 5.69 Å². The van der Waals surface area contributed by atoms with Gasteiger partial charge in [-0.25, -0.2) is 0 Å². The number of hydrogen-bond donors (Lipinski definition) is 2. The van der Waals surface area contributed by atoms with E-state index in [0.29, 0.717) is 18.8 Å². The van der Waals surface area contributed by atoms with Crippen molar-refractivity contribution >= 4 is 33.5 Å². The molecule has 0 aliphatic heterocycles. The summed E-state index contributed by atoms with van der Waals surface area (Å²) in [5, 5.41) is 11.7. The van der Waals surface area contributed by atoms with E-state index in [-0.39, 0.29) is 19.0 Å². The normalized spacial score (nSPS) is 10.9. The fourth-order valence-corrected chi connectivity index (χ4v) is 2.09. The van der Waals surface area contributed by atoms with Gasteiger partial charge >= 0.3 is 5.97 Å². The van der Waals surface area contributed by atoms with E-state index in [1.54, 1.807) is 11.0 Å². The zero-order valence-corrected chi connectivity index (χ0v) is 13.8. The Hall–Kier alpha value is -1.44. The molecule has 0 radical (unpaired) electrons. The number of nitrogens with one attached hydrogen (secondary N) is 1. The van der Waals surface area contributed by atoms with Crippen LogP contribution in [0.2, 0.25) is 0 Å². The maximum Gasteiger partial charge on any atom is 0.317 e. The standard InChI is InChI=1S/C14H20BrN3O3/c1-17(2)7-8-18(10-14(20)21)9-13(19)16-12-6-4-3-5-11(12)15/h3-6H,7-10H2,1-2H3,(H,16,19)(H,20,21). The second-order valence-corrected chi connectivity index (χ2v) is 5.79. The van der Waals surface area contributed by atoms with Gasteiger partial charge in [0, 0.05) is 17.6 Å². The Balaban J connectivity index is 2.58. The first-order chi connectivity index (χ1) is 9.88. The van der Waals surface area contributed by atoms with Gasteiger partial charge in [0.05, 0.1) is 18.8 Å². The van der Waals surface area contributed by atoms with Crippen molar-refractivity contribution in [1.29, 1.82) is 0 Å². The van der Waals surface area contributed by atoms with Gasteiger partial charge in [-0.2, -0.15) is 0 Å². The van der Waals surface area contributed by atoms with E-state index in [4.69, 9.17) is 5.11 Å². The van der Waals surface area contributed by atoms with E-state index in [9.17, 15) is 9.59 Å². The average molecular weight is 358 g/mol. The third kappa shape index (κ3) is 7.22. The molecular formula is C14H20BrN3O3. The monoisotopic (exact) mass is 357 g/mol. The van der Waals surface area contributed by atoms with Crippen LogP contribution in [0.15, 0.2) is 28.7 Å². The average Bonchev–Trinajstić information content (AvgIpc) is 2.38. The van der Waals surface area contributed by atoms with Crippen LogP contribution in [-0.4, -0.2) is 67.1 Å². The maximum absolute atomic E-state index is 12.0. The van der Waals surface area contributed by atoms with E-state index >= 15 is 0 Å². The number of halogens is 1. The number of rotatable bonds is 8. The Morgan fingerprint density at radius 2 is 1.86 bits per heavy atom. The van der Waals surface area contributed by atoms with Crippen LogP contribution in [0.25, 0.3) is 0 Å². The molecule has 0 aromatic heterocycles. The molecule has 1 amide bonds. The maximum atomic E-state index is 12.0. The number of carboxylic acid groups (broad SMARTS) is 1. The molecule has 0 atom stereocenters. The highest BCUT2D eigenvalue weighted by atomic mass is 79.9. The van der Waals surface area contributed by atoms with Crippen LogP contribution in [-0.2, 0) is 9.59 Å². The topological polar surface area (TPSA) is 72.9 Å². The molecule has 1 aromatic carbocycles. The molecule has 0 heterocycles. The molecule has 0 saturated carbocycles. The second-order valence-electron chi connectivity index (χ2n) is 4.94. The van der Waals surface area contributed by atoms with E-state index in [0.717, 1.165) is 4.47 Å². The van der Waals surface area contributed by atoms with Crippen LogP contribution in [0.3, 0.4) is 0 Å². The van der Waals surface area contributed by atoms with Crippen molar-refractivity contribution in [1.82, 2.24) is 9.80 Å². The molecule has 0 aliphatic rings. The van der Waals surface area contributed by atoms with Gasteiger partial charge in [-0.3, -0.25) is 14.5 Å². The zero-order valence-electron chi connectivity index (χ0n) is 12.2.